The molecule has 3 aromatic rings. The van der Waals surface area contributed by atoms with Crippen molar-refractivity contribution in [2.24, 2.45) is 0 Å². The quantitative estimate of drug-likeness (QED) is 0.592. The summed E-state index contributed by atoms with van der Waals surface area (Å²) in [5.41, 5.74) is 2.33. The van der Waals surface area contributed by atoms with E-state index in [1.807, 2.05) is 42.5 Å². The number of benzene rings is 2. The number of rotatable bonds is 6. The minimum Gasteiger partial charge on any atom is -0.348 e. The number of hydrogen-bond acceptors (Lipinski definition) is 4. The topological polar surface area (TPSA) is 62.3 Å². The smallest absolute Gasteiger partial charge is 0.244 e. The zero-order valence-corrected chi connectivity index (χ0v) is 16.7. The molecule has 1 heterocycles. The summed E-state index contributed by atoms with van der Waals surface area (Å²) in [6.45, 7) is 1.91. The van der Waals surface area contributed by atoms with Gasteiger partial charge in [0, 0.05) is 29.9 Å². The van der Waals surface area contributed by atoms with Crippen LogP contribution in [0.1, 0.15) is 18.2 Å². The van der Waals surface area contributed by atoms with Crippen LogP contribution >= 0.6 is 22.9 Å². The van der Waals surface area contributed by atoms with E-state index in [0.717, 1.165) is 11.3 Å². The van der Waals surface area contributed by atoms with Crippen molar-refractivity contribution < 1.29 is 9.59 Å². The van der Waals surface area contributed by atoms with E-state index in [2.05, 4.69) is 10.3 Å². The van der Waals surface area contributed by atoms with Gasteiger partial charge >= 0.3 is 0 Å². The van der Waals surface area contributed by atoms with Crippen molar-refractivity contribution in [3.8, 4) is 0 Å². The van der Waals surface area contributed by atoms with Gasteiger partial charge in [-0.05, 0) is 35.9 Å². The fourth-order valence-corrected chi connectivity index (χ4v) is 3.45. The van der Waals surface area contributed by atoms with Crippen molar-refractivity contribution in [1.82, 2.24) is 10.3 Å². The monoisotopic (exact) mass is 411 g/mol. The van der Waals surface area contributed by atoms with Gasteiger partial charge in [0.1, 0.15) is 0 Å². The molecule has 5 nitrogen and oxygen atoms in total. The molecular weight excluding hydrogens is 394 g/mol. The van der Waals surface area contributed by atoms with Crippen LogP contribution < -0.4 is 10.2 Å². The number of halogens is 1. The predicted molar refractivity (Wildman–Crippen MR) is 114 cm³/mol. The Labute approximate surface area is 172 Å². The van der Waals surface area contributed by atoms with Gasteiger partial charge in [0.05, 0.1) is 11.4 Å². The minimum absolute atomic E-state index is 0.128. The van der Waals surface area contributed by atoms with E-state index in [-0.39, 0.29) is 11.8 Å². The standard InChI is InChI=1S/C21H18ClN3O2S/c1-15(26)25(19-5-3-2-4-6-19)21-24-18(14-28-21)11-12-20(27)23-13-16-7-9-17(22)10-8-16/h2-12,14H,13H2,1H3,(H,23,27)/b12-11+. The molecule has 2 amide bonds. The zero-order valence-electron chi connectivity index (χ0n) is 15.1. The van der Waals surface area contributed by atoms with E-state index in [9.17, 15) is 9.59 Å². The predicted octanol–water partition coefficient (Wildman–Crippen LogP) is 4.81. The molecule has 0 spiro atoms. The third-order valence-electron chi connectivity index (χ3n) is 3.82. The van der Waals surface area contributed by atoms with E-state index in [1.165, 1.54) is 24.3 Å². The van der Waals surface area contributed by atoms with Crippen LogP contribution in [-0.2, 0) is 16.1 Å². The lowest BCUT2D eigenvalue weighted by Crippen LogP contribution is -2.22. The molecule has 0 aliphatic carbocycles. The van der Waals surface area contributed by atoms with Crippen molar-refractivity contribution in [3.63, 3.8) is 0 Å². The summed E-state index contributed by atoms with van der Waals surface area (Å²) >= 11 is 7.19. The molecule has 0 unspecified atom stereocenters. The lowest BCUT2D eigenvalue weighted by atomic mass is 10.2. The number of carbonyl (C=O) groups excluding carboxylic acids is 2. The summed E-state index contributed by atoms with van der Waals surface area (Å²) in [5, 5.41) is 5.82. The molecule has 1 N–H and O–H groups in total. The molecule has 2 aromatic carbocycles. The Kier molecular flexibility index (Phi) is 6.57. The molecule has 0 aliphatic heterocycles. The molecule has 0 bridgehead atoms. The van der Waals surface area contributed by atoms with Crippen molar-refractivity contribution in [2.45, 2.75) is 13.5 Å². The molecular formula is C21H18ClN3O2S. The maximum absolute atomic E-state index is 12.1. The fraction of sp³-hybridized carbons (Fsp3) is 0.0952. The Hall–Kier alpha value is -2.96. The Morgan fingerprint density at radius 1 is 1.14 bits per heavy atom. The second kappa shape index (κ2) is 9.30. The number of anilines is 2. The highest BCUT2D eigenvalue weighted by Crippen LogP contribution is 2.28. The van der Waals surface area contributed by atoms with Crippen LogP contribution in [0.4, 0.5) is 10.8 Å². The van der Waals surface area contributed by atoms with Gasteiger partial charge in [-0.2, -0.15) is 0 Å². The highest BCUT2D eigenvalue weighted by molar-refractivity contribution is 7.14. The van der Waals surface area contributed by atoms with Crippen LogP contribution in [0.2, 0.25) is 5.02 Å². The molecule has 0 atom stereocenters. The van der Waals surface area contributed by atoms with Gasteiger partial charge < -0.3 is 5.32 Å². The van der Waals surface area contributed by atoms with Crippen molar-refractivity contribution >= 4 is 51.6 Å². The van der Waals surface area contributed by atoms with Crippen molar-refractivity contribution in [2.75, 3.05) is 4.90 Å². The third kappa shape index (κ3) is 5.28. The number of aromatic nitrogens is 1. The normalized spacial score (nSPS) is 10.8. The first-order chi connectivity index (χ1) is 13.5. The number of amides is 2. The second-order valence-corrected chi connectivity index (χ2v) is 7.20. The van der Waals surface area contributed by atoms with Gasteiger partial charge in [-0.15, -0.1) is 11.3 Å². The molecule has 0 saturated heterocycles. The van der Waals surface area contributed by atoms with Gasteiger partial charge in [0.25, 0.3) is 0 Å². The van der Waals surface area contributed by atoms with Gasteiger partial charge in [0.15, 0.2) is 5.13 Å². The average Bonchev–Trinajstić information content (AvgIpc) is 3.15. The van der Waals surface area contributed by atoms with Crippen molar-refractivity contribution in [1.29, 1.82) is 0 Å². The molecule has 0 fully saturated rings. The lowest BCUT2D eigenvalue weighted by molar-refractivity contribution is -0.117. The Morgan fingerprint density at radius 2 is 1.86 bits per heavy atom. The van der Waals surface area contributed by atoms with E-state index >= 15 is 0 Å². The first-order valence-corrected chi connectivity index (χ1v) is 9.80. The number of carbonyl (C=O) groups is 2. The summed E-state index contributed by atoms with van der Waals surface area (Å²) in [5.74, 6) is -0.354. The van der Waals surface area contributed by atoms with Gasteiger partial charge in [-0.1, -0.05) is 41.9 Å². The third-order valence-corrected chi connectivity index (χ3v) is 4.91. The molecule has 0 aliphatic rings. The summed E-state index contributed by atoms with van der Waals surface area (Å²) in [6.07, 6.45) is 3.05. The number of thiazole rings is 1. The van der Waals surface area contributed by atoms with Gasteiger partial charge in [0.2, 0.25) is 11.8 Å². The summed E-state index contributed by atoms with van der Waals surface area (Å²) in [4.78, 5) is 30.1. The largest absolute Gasteiger partial charge is 0.348 e. The second-order valence-electron chi connectivity index (χ2n) is 5.92. The van der Waals surface area contributed by atoms with Crippen LogP contribution in [0, 0.1) is 0 Å². The van der Waals surface area contributed by atoms with Crippen LogP contribution in [0.15, 0.2) is 66.1 Å². The molecule has 0 saturated carbocycles. The van der Waals surface area contributed by atoms with E-state index in [0.29, 0.717) is 22.4 Å². The van der Waals surface area contributed by atoms with Crippen LogP contribution in [-0.4, -0.2) is 16.8 Å². The van der Waals surface area contributed by atoms with Crippen LogP contribution in [0.25, 0.3) is 6.08 Å². The first kappa shape index (κ1) is 19.8. The number of nitrogens with one attached hydrogen (secondary N) is 1. The molecule has 3 rings (SSSR count). The van der Waals surface area contributed by atoms with Gasteiger partial charge in [-0.3, -0.25) is 14.5 Å². The van der Waals surface area contributed by atoms with Crippen LogP contribution in [0.5, 0.6) is 0 Å². The Morgan fingerprint density at radius 3 is 2.54 bits per heavy atom. The zero-order chi connectivity index (χ0) is 19.9. The molecule has 0 radical (unpaired) electrons. The maximum atomic E-state index is 12.1. The summed E-state index contributed by atoms with van der Waals surface area (Å²) in [6, 6.07) is 16.6. The maximum Gasteiger partial charge on any atom is 0.244 e. The number of hydrogen-bond donors (Lipinski definition) is 1. The Balaban J connectivity index is 1.63. The lowest BCUT2D eigenvalue weighted by Gasteiger charge is -2.17. The Bertz CT molecular complexity index is 984. The SMILES string of the molecule is CC(=O)N(c1ccccc1)c1nc(/C=C/C(=O)NCc2ccc(Cl)cc2)cs1. The fourth-order valence-electron chi connectivity index (χ4n) is 2.47. The molecule has 7 heteroatoms. The van der Waals surface area contributed by atoms with Crippen LogP contribution in [0.3, 0.4) is 0 Å². The summed E-state index contributed by atoms with van der Waals surface area (Å²) in [7, 11) is 0. The van der Waals surface area contributed by atoms with Gasteiger partial charge in [-0.25, -0.2) is 4.98 Å². The van der Waals surface area contributed by atoms with E-state index in [4.69, 9.17) is 11.6 Å². The molecule has 1 aromatic heterocycles. The van der Waals surface area contributed by atoms with E-state index < -0.39 is 0 Å². The molecule has 28 heavy (non-hydrogen) atoms. The number of para-hydroxylation sites is 1. The average molecular weight is 412 g/mol. The summed E-state index contributed by atoms with van der Waals surface area (Å²) < 4.78 is 0. The number of nitrogens with zero attached hydrogens (tertiary/aromatic N) is 2. The highest BCUT2D eigenvalue weighted by Gasteiger charge is 2.17. The van der Waals surface area contributed by atoms with E-state index in [1.54, 1.807) is 28.5 Å². The van der Waals surface area contributed by atoms with Crippen molar-refractivity contribution in [3.05, 3.63) is 82.3 Å². The molecule has 142 valence electrons. The minimum atomic E-state index is -0.226. The first-order valence-electron chi connectivity index (χ1n) is 8.54. The highest BCUT2D eigenvalue weighted by atomic mass is 35.5.